The number of nitrogens with two attached hydrogens (primary N) is 1. The van der Waals surface area contributed by atoms with Crippen LogP contribution in [-0.4, -0.2) is 23.3 Å². The van der Waals surface area contributed by atoms with E-state index in [1.165, 1.54) is 11.1 Å². The van der Waals surface area contributed by atoms with Crippen molar-refractivity contribution in [1.29, 1.82) is 0 Å². The third-order valence-corrected chi connectivity index (χ3v) is 7.68. The summed E-state index contributed by atoms with van der Waals surface area (Å²) >= 11 is 13.0. The highest BCUT2D eigenvalue weighted by Gasteiger charge is 2.46. The predicted molar refractivity (Wildman–Crippen MR) is 124 cm³/mol. The Balaban J connectivity index is 1.44. The summed E-state index contributed by atoms with van der Waals surface area (Å²) in [4.78, 5) is 2.39. The monoisotopic (exact) mass is 438 g/mol. The molecular weight excluding hydrogens is 415 g/mol. The van der Waals surface area contributed by atoms with E-state index >= 15 is 0 Å². The average Bonchev–Trinajstić information content (AvgIpc) is 3.38. The van der Waals surface area contributed by atoms with Crippen LogP contribution in [0.2, 0.25) is 10.0 Å². The van der Waals surface area contributed by atoms with E-state index in [1.807, 2.05) is 18.2 Å². The highest BCUT2D eigenvalue weighted by Crippen LogP contribution is 2.51. The molecule has 1 atom stereocenters. The molecule has 0 bridgehead atoms. The highest BCUT2D eigenvalue weighted by atomic mass is 35.5. The summed E-state index contributed by atoms with van der Waals surface area (Å²) in [5.41, 5.74) is 13.0. The Kier molecular flexibility index (Phi) is 4.89. The van der Waals surface area contributed by atoms with Crippen LogP contribution in [0.25, 0.3) is 5.57 Å². The minimum absolute atomic E-state index is 0.100. The minimum atomic E-state index is 0.100. The maximum atomic E-state index is 6.74. The van der Waals surface area contributed by atoms with Crippen molar-refractivity contribution in [1.82, 2.24) is 10.2 Å². The zero-order chi connectivity index (χ0) is 20.9. The molecule has 1 saturated heterocycles. The molecule has 1 spiro atoms. The molecular formula is C24H24Cl2N4. The summed E-state index contributed by atoms with van der Waals surface area (Å²) in [6.07, 6.45) is 4.92. The summed E-state index contributed by atoms with van der Waals surface area (Å²) in [5.74, 6) is 0. The lowest BCUT2D eigenvalue weighted by Crippen LogP contribution is -2.44. The second-order valence-corrected chi connectivity index (χ2v) is 9.18. The molecule has 154 valence electrons. The largest absolute Gasteiger partial charge is 0.371 e. The number of piperidine rings is 1. The summed E-state index contributed by atoms with van der Waals surface area (Å²) < 4.78 is 0. The molecule has 2 heterocycles. The van der Waals surface area contributed by atoms with Crippen LogP contribution >= 0.6 is 23.2 Å². The van der Waals surface area contributed by atoms with Crippen molar-refractivity contribution >= 4 is 34.5 Å². The molecule has 30 heavy (non-hydrogen) atoms. The molecule has 1 aliphatic carbocycles. The number of hydrogen-bond acceptors (Lipinski definition) is 3. The second-order valence-electron chi connectivity index (χ2n) is 8.40. The van der Waals surface area contributed by atoms with E-state index in [0.717, 1.165) is 54.9 Å². The number of fused-ring (bicyclic) bond motifs is 1. The summed E-state index contributed by atoms with van der Waals surface area (Å²) in [7, 11) is 0. The van der Waals surface area contributed by atoms with E-state index in [1.54, 1.807) is 6.20 Å². The van der Waals surface area contributed by atoms with Crippen LogP contribution < -0.4 is 10.6 Å². The van der Waals surface area contributed by atoms with Gasteiger partial charge in [0.2, 0.25) is 0 Å². The van der Waals surface area contributed by atoms with E-state index in [0.29, 0.717) is 10.0 Å². The van der Waals surface area contributed by atoms with Crippen molar-refractivity contribution < 1.29 is 0 Å². The lowest BCUT2D eigenvalue weighted by molar-refractivity contribution is 0.187. The Bertz CT molecular complexity index is 1100. The first kappa shape index (κ1) is 19.7. The van der Waals surface area contributed by atoms with Crippen LogP contribution in [-0.2, 0) is 6.42 Å². The van der Waals surface area contributed by atoms with Crippen LogP contribution in [0.1, 0.15) is 41.3 Å². The molecule has 3 N–H and O–H groups in total. The number of aromatic nitrogens is 2. The number of benzene rings is 2. The van der Waals surface area contributed by atoms with Crippen molar-refractivity contribution in [3.05, 3.63) is 87.7 Å². The van der Waals surface area contributed by atoms with Crippen LogP contribution in [0.4, 0.5) is 5.69 Å². The van der Waals surface area contributed by atoms with Crippen LogP contribution in [0.5, 0.6) is 0 Å². The first-order valence-electron chi connectivity index (χ1n) is 10.3. The molecule has 0 saturated carbocycles. The third-order valence-electron chi connectivity index (χ3n) is 6.88. The molecule has 6 heteroatoms. The number of halogens is 2. The van der Waals surface area contributed by atoms with E-state index in [4.69, 9.17) is 28.9 Å². The second kappa shape index (κ2) is 7.45. The first-order chi connectivity index (χ1) is 14.5. The van der Waals surface area contributed by atoms with Crippen LogP contribution in [0.3, 0.4) is 0 Å². The van der Waals surface area contributed by atoms with Gasteiger partial charge < -0.3 is 10.6 Å². The van der Waals surface area contributed by atoms with Gasteiger partial charge in [0.25, 0.3) is 0 Å². The normalized spacial score (nSPS) is 19.8. The molecule has 5 rings (SSSR count). The first-order valence-corrected chi connectivity index (χ1v) is 11.0. The van der Waals surface area contributed by atoms with Gasteiger partial charge in [0.05, 0.1) is 15.7 Å². The Morgan fingerprint density at radius 1 is 1.13 bits per heavy atom. The van der Waals surface area contributed by atoms with Gasteiger partial charge in [-0.05, 0) is 54.0 Å². The number of anilines is 1. The Labute approximate surface area is 186 Å². The van der Waals surface area contributed by atoms with E-state index in [2.05, 4.69) is 45.9 Å². The number of H-pyrrole nitrogens is 1. The van der Waals surface area contributed by atoms with Crippen molar-refractivity contribution in [2.24, 2.45) is 11.1 Å². The summed E-state index contributed by atoms with van der Waals surface area (Å²) in [6.45, 7) is 6.10. The molecule has 0 amide bonds. The lowest BCUT2D eigenvalue weighted by atomic mass is 9.73. The highest BCUT2D eigenvalue weighted by molar-refractivity contribution is 6.43. The topological polar surface area (TPSA) is 57.9 Å². The van der Waals surface area contributed by atoms with Gasteiger partial charge >= 0.3 is 0 Å². The third kappa shape index (κ3) is 3.06. The van der Waals surface area contributed by atoms with E-state index in [-0.39, 0.29) is 11.5 Å². The summed E-state index contributed by atoms with van der Waals surface area (Å²) in [5, 5.41) is 8.17. The molecule has 0 unspecified atom stereocenters. The fraction of sp³-hybridized carbons (Fsp3) is 0.292. The van der Waals surface area contributed by atoms with Crippen molar-refractivity contribution in [2.45, 2.75) is 25.3 Å². The number of nitrogens with one attached hydrogen (secondary N) is 1. The quantitative estimate of drug-likeness (QED) is 0.557. The van der Waals surface area contributed by atoms with Crippen molar-refractivity contribution in [2.75, 3.05) is 18.0 Å². The smallest absolute Gasteiger partial charge is 0.0921 e. The van der Waals surface area contributed by atoms with Gasteiger partial charge in [-0.25, -0.2) is 0 Å². The van der Waals surface area contributed by atoms with Crippen molar-refractivity contribution in [3.63, 3.8) is 0 Å². The number of aromatic amines is 1. The molecule has 1 aliphatic heterocycles. The number of rotatable bonds is 3. The SMILES string of the molecule is C=C(c1cc[nH]n1)c1c(N2CCC3(CC2)Cc2ccccc2[C@H]3N)ccc(Cl)c1Cl. The maximum Gasteiger partial charge on any atom is 0.0921 e. The van der Waals surface area contributed by atoms with Crippen LogP contribution in [0, 0.1) is 5.41 Å². The van der Waals surface area contributed by atoms with Crippen LogP contribution in [0.15, 0.2) is 55.2 Å². The Hall–Kier alpha value is -2.27. The Morgan fingerprint density at radius 2 is 1.90 bits per heavy atom. The van der Waals surface area contributed by atoms with Crippen molar-refractivity contribution in [3.8, 4) is 0 Å². The molecule has 2 aromatic carbocycles. The fourth-order valence-corrected chi connectivity index (χ4v) is 5.58. The van der Waals surface area contributed by atoms with Gasteiger partial charge in [0, 0.05) is 42.2 Å². The molecule has 0 radical (unpaired) electrons. The molecule has 2 aliphatic rings. The zero-order valence-electron chi connectivity index (χ0n) is 16.7. The number of nitrogens with zero attached hydrogens (tertiary/aromatic N) is 2. The molecule has 1 aromatic heterocycles. The van der Waals surface area contributed by atoms with E-state index < -0.39 is 0 Å². The fourth-order valence-electron chi connectivity index (χ4n) is 5.15. The lowest BCUT2D eigenvalue weighted by Gasteiger charge is -2.43. The summed E-state index contributed by atoms with van der Waals surface area (Å²) in [6, 6.07) is 14.5. The minimum Gasteiger partial charge on any atom is -0.371 e. The van der Waals surface area contributed by atoms with Gasteiger partial charge in [0.15, 0.2) is 0 Å². The van der Waals surface area contributed by atoms with Gasteiger partial charge in [-0.2, -0.15) is 5.10 Å². The predicted octanol–water partition coefficient (Wildman–Crippen LogP) is 5.62. The van der Waals surface area contributed by atoms with Gasteiger partial charge in [0.1, 0.15) is 0 Å². The standard InChI is InChI=1S/C24H24Cl2N4/c1-15(19-8-11-28-29-19)21-20(7-6-18(25)22(21)26)30-12-9-24(10-13-30)14-16-4-2-3-5-17(16)23(24)27/h2-8,11,23H,1,9-10,12-14,27H2,(H,28,29)/t23-/m1/s1. The molecule has 3 aromatic rings. The molecule has 1 fully saturated rings. The van der Waals surface area contributed by atoms with E-state index in [9.17, 15) is 0 Å². The average molecular weight is 439 g/mol. The van der Waals surface area contributed by atoms with Gasteiger partial charge in [-0.1, -0.05) is 54.0 Å². The maximum absolute atomic E-state index is 6.74. The Morgan fingerprint density at radius 3 is 2.60 bits per heavy atom. The number of hydrogen-bond donors (Lipinski definition) is 2. The molecule has 4 nitrogen and oxygen atoms in total. The zero-order valence-corrected chi connectivity index (χ0v) is 18.2. The van der Waals surface area contributed by atoms with Gasteiger partial charge in [-0.3, -0.25) is 5.10 Å². The van der Waals surface area contributed by atoms with Gasteiger partial charge in [-0.15, -0.1) is 0 Å².